The highest BCUT2D eigenvalue weighted by Gasteiger charge is 2.33. The van der Waals surface area contributed by atoms with Crippen molar-refractivity contribution in [1.82, 2.24) is 0 Å². The monoisotopic (exact) mass is 683 g/mol. The summed E-state index contributed by atoms with van der Waals surface area (Å²) in [6, 6.07) is 9.14. The number of hydrogen-bond donors (Lipinski definition) is 0. The van der Waals surface area contributed by atoms with Crippen molar-refractivity contribution in [3.63, 3.8) is 0 Å². The molecule has 0 saturated heterocycles. The molecule has 3 aliphatic carbocycles. The van der Waals surface area contributed by atoms with Gasteiger partial charge in [-0.1, -0.05) is 200 Å². The summed E-state index contributed by atoms with van der Waals surface area (Å²) in [5, 5.41) is 0. The van der Waals surface area contributed by atoms with E-state index in [0.29, 0.717) is 21.7 Å². The molecule has 0 spiro atoms. The molecule has 3 fully saturated rings. The lowest BCUT2D eigenvalue weighted by Gasteiger charge is -2.40. The summed E-state index contributed by atoms with van der Waals surface area (Å²) in [4.78, 5) is 0. The molecule has 3 saturated carbocycles. The molecule has 1 aromatic carbocycles. The van der Waals surface area contributed by atoms with Crippen LogP contribution in [0.1, 0.15) is 219 Å². The molecule has 0 bridgehead atoms. The van der Waals surface area contributed by atoms with E-state index in [4.69, 9.17) is 0 Å². The Hall–Kier alpha value is -0.780. The van der Waals surface area contributed by atoms with Crippen LogP contribution in [-0.4, -0.2) is 0 Å². The Morgan fingerprint density at radius 2 is 0.653 bits per heavy atom. The molecule has 290 valence electrons. The van der Waals surface area contributed by atoms with E-state index in [0.717, 1.165) is 48.3 Å². The third-order valence-corrected chi connectivity index (χ3v) is 11.6. The van der Waals surface area contributed by atoms with E-state index >= 15 is 0 Å². The van der Waals surface area contributed by atoms with Crippen LogP contribution >= 0.6 is 0 Å². The van der Waals surface area contributed by atoms with Crippen molar-refractivity contribution in [2.24, 2.45) is 57.2 Å². The zero-order valence-corrected chi connectivity index (χ0v) is 37.4. The number of rotatable bonds is 4. The first-order chi connectivity index (χ1) is 22.6. The fourth-order valence-corrected chi connectivity index (χ4v) is 8.43. The van der Waals surface area contributed by atoms with Crippen molar-refractivity contribution >= 4 is 0 Å². The van der Waals surface area contributed by atoms with Crippen LogP contribution in [-0.2, 0) is 12.8 Å². The van der Waals surface area contributed by atoms with Gasteiger partial charge >= 0.3 is 0 Å². The van der Waals surface area contributed by atoms with E-state index in [1.807, 2.05) is 27.7 Å². The fraction of sp³-hybridized carbons (Fsp3) is 0.878. The molecule has 4 rings (SSSR count). The summed E-state index contributed by atoms with van der Waals surface area (Å²) >= 11 is 0. The second-order valence-corrected chi connectivity index (χ2v) is 21.1. The van der Waals surface area contributed by atoms with Gasteiger partial charge in [0.15, 0.2) is 0 Å². The minimum atomic E-state index is 0.380. The van der Waals surface area contributed by atoms with E-state index in [1.54, 1.807) is 6.42 Å². The molecule has 49 heavy (non-hydrogen) atoms. The highest BCUT2D eigenvalue weighted by atomic mass is 14.4. The van der Waals surface area contributed by atoms with Crippen LogP contribution < -0.4 is 0 Å². The standard InChI is InChI=1S/C21H40.C16H26.C8H16.2C2H6/c1-20(2,3)18-11-7-16(8-12-18)15-17-9-13-19(14-10-17)21(4,5)6;1-15(2,3)11-13-7-9-14(10-8-13)12-16(4,5)6;1-7-3-5-8(2)6-4-7;2*1-2/h16-19H,7-15H2,1-6H3;7-10H,11-12H2,1-6H3;7-8H,3-6H2,1-2H3;2*1-2H3. The summed E-state index contributed by atoms with van der Waals surface area (Å²) in [6.45, 7) is 41.1. The molecule has 0 heteroatoms. The van der Waals surface area contributed by atoms with Gasteiger partial charge in [0, 0.05) is 0 Å². The van der Waals surface area contributed by atoms with E-state index in [1.165, 1.54) is 88.2 Å². The fourth-order valence-electron chi connectivity index (χ4n) is 8.43. The van der Waals surface area contributed by atoms with Gasteiger partial charge in [0.2, 0.25) is 0 Å². The molecule has 0 amide bonds. The molecular formula is C49H94. The molecule has 0 nitrogen and oxygen atoms in total. The van der Waals surface area contributed by atoms with Crippen LogP contribution in [0, 0.1) is 57.2 Å². The van der Waals surface area contributed by atoms with Crippen molar-refractivity contribution in [1.29, 1.82) is 0 Å². The molecule has 0 aliphatic heterocycles. The van der Waals surface area contributed by atoms with Crippen molar-refractivity contribution in [2.75, 3.05) is 0 Å². The summed E-state index contributed by atoms with van der Waals surface area (Å²) in [5.74, 6) is 6.10. The Labute approximate surface area is 312 Å². The van der Waals surface area contributed by atoms with Gasteiger partial charge in [-0.25, -0.2) is 0 Å². The van der Waals surface area contributed by atoms with Gasteiger partial charge in [-0.3, -0.25) is 0 Å². The van der Waals surface area contributed by atoms with Crippen LogP contribution in [0.25, 0.3) is 0 Å². The number of benzene rings is 1. The molecule has 0 aromatic heterocycles. The first-order valence-electron chi connectivity index (χ1n) is 21.7. The smallest absolute Gasteiger partial charge is 0.0230 e. The average Bonchev–Trinajstić information content (AvgIpc) is 3.01. The van der Waals surface area contributed by atoms with Gasteiger partial charge in [-0.05, 0) is 113 Å². The van der Waals surface area contributed by atoms with E-state index < -0.39 is 0 Å². The summed E-state index contributed by atoms with van der Waals surface area (Å²) in [7, 11) is 0. The SMILES string of the molecule is CC.CC.CC(C)(C)C1CCC(CC2CCC(C(C)(C)C)CC2)CC1.CC(C)(C)Cc1ccc(CC(C)(C)C)cc1.CC1CCC(C)CC1. The molecular weight excluding hydrogens is 589 g/mol. The maximum Gasteiger partial charge on any atom is -0.0230 e. The molecule has 0 unspecified atom stereocenters. The molecule has 1 aromatic rings. The lowest BCUT2D eigenvalue weighted by molar-refractivity contribution is 0.111. The van der Waals surface area contributed by atoms with Crippen LogP contribution in [0.5, 0.6) is 0 Å². The zero-order valence-electron chi connectivity index (χ0n) is 37.4. The first-order valence-corrected chi connectivity index (χ1v) is 21.7. The largest absolute Gasteiger partial charge is 0.0683 e. The third-order valence-electron chi connectivity index (χ3n) is 11.6. The van der Waals surface area contributed by atoms with Crippen molar-refractivity contribution in [3.05, 3.63) is 35.4 Å². The van der Waals surface area contributed by atoms with Crippen molar-refractivity contribution in [3.8, 4) is 0 Å². The molecule has 0 heterocycles. The topological polar surface area (TPSA) is 0 Å². The normalized spacial score (nSPS) is 26.2. The highest BCUT2D eigenvalue weighted by molar-refractivity contribution is 5.24. The molecule has 0 N–H and O–H groups in total. The first kappa shape index (κ1) is 48.2. The minimum Gasteiger partial charge on any atom is -0.0683 e. The van der Waals surface area contributed by atoms with Crippen LogP contribution in [0.3, 0.4) is 0 Å². The maximum atomic E-state index is 2.44. The second kappa shape index (κ2) is 23.0. The zero-order chi connectivity index (χ0) is 38.1. The van der Waals surface area contributed by atoms with E-state index in [9.17, 15) is 0 Å². The quantitative estimate of drug-likeness (QED) is 0.296. The Morgan fingerprint density at radius 3 is 0.857 bits per heavy atom. The third kappa shape index (κ3) is 22.7. The lowest BCUT2D eigenvalue weighted by atomic mass is 9.65. The Morgan fingerprint density at radius 1 is 0.408 bits per heavy atom. The van der Waals surface area contributed by atoms with Gasteiger partial charge in [0.1, 0.15) is 0 Å². The van der Waals surface area contributed by atoms with Gasteiger partial charge in [0.05, 0.1) is 0 Å². The van der Waals surface area contributed by atoms with Gasteiger partial charge < -0.3 is 0 Å². The molecule has 3 aliphatic rings. The van der Waals surface area contributed by atoms with Gasteiger partial charge in [0.25, 0.3) is 0 Å². The van der Waals surface area contributed by atoms with Crippen LogP contribution in [0.15, 0.2) is 24.3 Å². The van der Waals surface area contributed by atoms with Gasteiger partial charge in [-0.15, -0.1) is 0 Å². The Kier molecular flexibility index (Phi) is 22.6. The molecule has 0 atom stereocenters. The van der Waals surface area contributed by atoms with Crippen molar-refractivity contribution < 1.29 is 0 Å². The second-order valence-electron chi connectivity index (χ2n) is 21.1. The number of hydrogen-bond acceptors (Lipinski definition) is 0. The predicted molar refractivity (Wildman–Crippen MR) is 227 cm³/mol. The molecule has 0 radical (unpaired) electrons. The van der Waals surface area contributed by atoms with Gasteiger partial charge in [-0.2, -0.15) is 0 Å². The lowest BCUT2D eigenvalue weighted by Crippen LogP contribution is -2.29. The average molecular weight is 683 g/mol. The van der Waals surface area contributed by atoms with E-state index in [2.05, 4.69) is 121 Å². The van der Waals surface area contributed by atoms with Crippen LogP contribution in [0.2, 0.25) is 0 Å². The Bertz CT molecular complexity index is 820. The Balaban J connectivity index is 0.000000724. The van der Waals surface area contributed by atoms with Crippen LogP contribution in [0.4, 0.5) is 0 Å². The van der Waals surface area contributed by atoms with Crippen molar-refractivity contribution in [2.45, 2.75) is 221 Å². The minimum absolute atomic E-state index is 0.380. The highest BCUT2D eigenvalue weighted by Crippen LogP contribution is 2.45. The summed E-state index contributed by atoms with van der Waals surface area (Å²) < 4.78 is 0. The summed E-state index contributed by atoms with van der Waals surface area (Å²) in [5.41, 5.74) is 4.73. The summed E-state index contributed by atoms with van der Waals surface area (Å²) in [6.07, 6.45) is 21.8. The van der Waals surface area contributed by atoms with E-state index in [-0.39, 0.29) is 0 Å². The predicted octanol–water partition coefficient (Wildman–Crippen LogP) is 16.8. The maximum absolute atomic E-state index is 2.44.